The fraction of sp³-hybridized carbons (Fsp3) is 0.667. The molecule has 4 rings (SSSR count). The maximum atomic E-state index is 3.83. The molecule has 0 aromatic heterocycles. The second-order valence-corrected chi connectivity index (χ2v) is 7.35. The average Bonchev–Trinajstić information content (AvgIpc) is 3.11. The number of nitrogens with zero attached hydrogens (tertiary/aromatic N) is 1. The maximum Gasteiger partial charge on any atom is 0.0362 e. The van der Waals surface area contributed by atoms with E-state index in [4.69, 9.17) is 0 Å². The Balaban J connectivity index is 1.45. The van der Waals surface area contributed by atoms with Crippen molar-refractivity contribution in [1.82, 2.24) is 0 Å². The smallest absolute Gasteiger partial charge is 0.0362 e. The summed E-state index contributed by atoms with van der Waals surface area (Å²) in [6.07, 6.45) is 7.44. The summed E-state index contributed by atoms with van der Waals surface area (Å²) in [5.74, 6) is 4.13. The van der Waals surface area contributed by atoms with E-state index in [0.29, 0.717) is 0 Å². The summed E-state index contributed by atoms with van der Waals surface area (Å²) >= 11 is 0. The fourth-order valence-electron chi connectivity index (χ4n) is 5.30. The van der Waals surface area contributed by atoms with Gasteiger partial charge < -0.3 is 10.2 Å². The zero-order valence-electron chi connectivity index (χ0n) is 12.7. The first-order chi connectivity index (χ1) is 9.72. The second-order valence-electron chi connectivity index (χ2n) is 7.35. The number of rotatable bonds is 3. The number of anilines is 2. The van der Waals surface area contributed by atoms with Crippen LogP contribution >= 0.6 is 0 Å². The molecule has 20 heavy (non-hydrogen) atoms. The van der Waals surface area contributed by atoms with Gasteiger partial charge in [-0.15, -0.1) is 0 Å². The molecule has 0 aliphatic heterocycles. The van der Waals surface area contributed by atoms with E-state index >= 15 is 0 Å². The largest absolute Gasteiger partial charge is 0.382 e. The molecule has 2 nitrogen and oxygen atoms in total. The molecule has 1 aromatic carbocycles. The van der Waals surface area contributed by atoms with Crippen molar-refractivity contribution in [3.05, 3.63) is 24.3 Å². The van der Waals surface area contributed by atoms with E-state index < -0.39 is 0 Å². The van der Waals surface area contributed by atoms with E-state index in [9.17, 15) is 0 Å². The SMILES string of the molecule is CN(C)c1ccc(NC2CC3CC2C2CCCC32)cc1. The van der Waals surface area contributed by atoms with Crippen LogP contribution in [0, 0.1) is 23.7 Å². The Kier molecular flexibility index (Phi) is 2.94. The topological polar surface area (TPSA) is 15.3 Å². The molecule has 5 unspecified atom stereocenters. The van der Waals surface area contributed by atoms with Crippen molar-refractivity contribution in [3.8, 4) is 0 Å². The molecule has 0 radical (unpaired) electrons. The van der Waals surface area contributed by atoms with Crippen LogP contribution in [0.15, 0.2) is 24.3 Å². The van der Waals surface area contributed by atoms with E-state index in [1.54, 1.807) is 0 Å². The Bertz CT molecular complexity index is 479. The first-order valence-electron chi connectivity index (χ1n) is 8.26. The standard InChI is InChI=1S/C18H26N2/c1-20(2)14-8-6-13(7-9-14)19-18-11-12-10-17(18)16-5-3-4-15(12)16/h6-9,12,15-19H,3-5,10-11H2,1-2H3. The number of benzene rings is 1. The minimum Gasteiger partial charge on any atom is -0.382 e. The van der Waals surface area contributed by atoms with E-state index in [2.05, 4.69) is 48.6 Å². The Labute approximate surface area is 122 Å². The number of fused-ring (bicyclic) bond motifs is 5. The molecule has 3 fully saturated rings. The van der Waals surface area contributed by atoms with Gasteiger partial charge in [-0.05, 0) is 73.6 Å². The second kappa shape index (κ2) is 4.68. The monoisotopic (exact) mass is 270 g/mol. The summed E-state index contributed by atoms with van der Waals surface area (Å²) in [6, 6.07) is 9.66. The van der Waals surface area contributed by atoms with Gasteiger partial charge >= 0.3 is 0 Å². The van der Waals surface area contributed by atoms with Crippen molar-refractivity contribution in [3.63, 3.8) is 0 Å². The predicted octanol–water partition coefficient (Wildman–Crippen LogP) is 3.99. The third-order valence-corrected chi connectivity index (χ3v) is 6.16. The number of hydrogen-bond acceptors (Lipinski definition) is 2. The molecule has 3 aliphatic carbocycles. The van der Waals surface area contributed by atoms with Crippen LogP contribution in [-0.2, 0) is 0 Å². The van der Waals surface area contributed by atoms with Crippen LogP contribution in [0.1, 0.15) is 32.1 Å². The highest BCUT2D eigenvalue weighted by Crippen LogP contribution is 2.59. The Morgan fingerprint density at radius 3 is 2.45 bits per heavy atom. The molecule has 3 aliphatic rings. The lowest BCUT2D eigenvalue weighted by atomic mass is 9.79. The summed E-state index contributed by atoms with van der Waals surface area (Å²) in [5.41, 5.74) is 2.59. The lowest BCUT2D eigenvalue weighted by Crippen LogP contribution is -2.33. The van der Waals surface area contributed by atoms with Crippen molar-refractivity contribution >= 4 is 11.4 Å². The minimum atomic E-state index is 0.740. The molecule has 108 valence electrons. The van der Waals surface area contributed by atoms with Crippen LogP contribution < -0.4 is 10.2 Å². The van der Waals surface area contributed by atoms with Crippen molar-refractivity contribution in [2.45, 2.75) is 38.1 Å². The molecule has 0 amide bonds. The van der Waals surface area contributed by atoms with Crippen LogP contribution in [0.5, 0.6) is 0 Å². The molecule has 0 saturated heterocycles. The maximum absolute atomic E-state index is 3.83. The highest BCUT2D eigenvalue weighted by atomic mass is 15.1. The third kappa shape index (κ3) is 1.92. The normalized spacial score (nSPS) is 38.0. The van der Waals surface area contributed by atoms with Gasteiger partial charge in [-0.2, -0.15) is 0 Å². The highest BCUT2D eigenvalue weighted by Gasteiger charge is 2.53. The third-order valence-electron chi connectivity index (χ3n) is 6.16. The Morgan fingerprint density at radius 1 is 0.950 bits per heavy atom. The van der Waals surface area contributed by atoms with Gasteiger partial charge in [0, 0.05) is 31.5 Å². The predicted molar refractivity (Wildman–Crippen MR) is 85.2 cm³/mol. The van der Waals surface area contributed by atoms with Gasteiger partial charge in [-0.25, -0.2) is 0 Å². The van der Waals surface area contributed by atoms with Gasteiger partial charge in [0.25, 0.3) is 0 Å². The van der Waals surface area contributed by atoms with Crippen LogP contribution in [0.25, 0.3) is 0 Å². The molecule has 3 saturated carbocycles. The van der Waals surface area contributed by atoms with E-state index in [-0.39, 0.29) is 0 Å². The number of hydrogen-bond donors (Lipinski definition) is 1. The molecule has 0 heterocycles. The molecule has 2 bridgehead atoms. The van der Waals surface area contributed by atoms with Gasteiger partial charge in [0.05, 0.1) is 0 Å². The molecular formula is C18H26N2. The summed E-state index contributed by atoms with van der Waals surface area (Å²) < 4.78 is 0. The van der Waals surface area contributed by atoms with Crippen LogP contribution in [0.4, 0.5) is 11.4 Å². The quantitative estimate of drug-likeness (QED) is 0.893. The molecule has 5 atom stereocenters. The fourth-order valence-corrected chi connectivity index (χ4v) is 5.30. The van der Waals surface area contributed by atoms with Gasteiger partial charge in [-0.1, -0.05) is 6.42 Å². The van der Waals surface area contributed by atoms with Crippen LogP contribution in [-0.4, -0.2) is 20.1 Å². The van der Waals surface area contributed by atoms with E-state index in [0.717, 1.165) is 29.7 Å². The summed E-state index contributed by atoms with van der Waals surface area (Å²) in [4.78, 5) is 2.16. The van der Waals surface area contributed by atoms with Crippen molar-refractivity contribution in [1.29, 1.82) is 0 Å². The van der Waals surface area contributed by atoms with Gasteiger partial charge in [0.15, 0.2) is 0 Å². The molecule has 1 aromatic rings. The van der Waals surface area contributed by atoms with Crippen molar-refractivity contribution in [2.75, 3.05) is 24.3 Å². The summed E-state index contributed by atoms with van der Waals surface area (Å²) in [6.45, 7) is 0. The van der Waals surface area contributed by atoms with Crippen LogP contribution in [0.2, 0.25) is 0 Å². The molecular weight excluding hydrogens is 244 g/mol. The molecule has 0 spiro atoms. The Hall–Kier alpha value is -1.18. The number of nitrogens with one attached hydrogen (secondary N) is 1. The average molecular weight is 270 g/mol. The van der Waals surface area contributed by atoms with E-state index in [1.807, 2.05) is 0 Å². The first-order valence-corrected chi connectivity index (χ1v) is 8.26. The lowest BCUT2D eigenvalue weighted by Gasteiger charge is -2.32. The zero-order valence-corrected chi connectivity index (χ0v) is 12.7. The van der Waals surface area contributed by atoms with Gasteiger partial charge in [0.2, 0.25) is 0 Å². The van der Waals surface area contributed by atoms with Crippen molar-refractivity contribution < 1.29 is 0 Å². The minimum absolute atomic E-state index is 0.740. The lowest BCUT2D eigenvalue weighted by molar-refractivity contribution is 0.243. The van der Waals surface area contributed by atoms with Gasteiger partial charge in [0.1, 0.15) is 0 Å². The zero-order chi connectivity index (χ0) is 13.7. The van der Waals surface area contributed by atoms with Crippen LogP contribution in [0.3, 0.4) is 0 Å². The van der Waals surface area contributed by atoms with Crippen molar-refractivity contribution in [2.24, 2.45) is 23.7 Å². The molecule has 1 N–H and O–H groups in total. The summed E-state index contributed by atoms with van der Waals surface area (Å²) in [7, 11) is 4.19. The highest BCUT2D eigenvalue weighted by molar-refractivity contribution is 5.55. The van der Waals surface area contributed by atoms with Gasteiger partial charge in [-0.3, -0.25) is 0 Å². The first kappa shape index (κ1) is 12.6. The molecule has 2 heteroatoms. The Morgan fingerprint density at radius 2 is 1.70 bits per heavy atom. The van der Waals surface area contributed by atoms with E-state index in [1.165, 1.54) is 43.5 Å². The summed E-state index contributed by atoms with van der Waals surface area (Å²) in [5, 5.41) is 3.83.